The van der Waals surface area contributed by atoms with Crippen LogP contribution in [0.3, 0.4) is 0 Å². The Morgan fingerprint density at radius 1 is 1.07 bits per heavy atom. The lowest BCUT2D eigenvalue weighted by atomic mass is 10.1. The highest BCUT2D eigenvalue weighted by Crippen LogP contribution is 2.39. The number of nitrogens with one attached hydrogen (secondary N) is 1. The molecule has 216 valence electrons. The van der Waals surface area contributed by atoms with Gasteiger partial charge in [0, 0.05) is 17.8 Å². The van der Waals surface area contributed by atoms with Gasteiger partial charge < -0.3 is 19.5 Å². The smallest absolute Gasteiger partial charge is 0.416 e. The molecule has 2 heterocycles. The van der Waals surface area contributed by atoms with Gasteiger partial charge in [-0.2, -0.15) is 13.2 Å². The summed E-state index contributed by atoms with van der Waals surface area (Å²) in [5.41, 5.74) is -1.35. The fraction of sp³-hybridized carbons (Fsp3) is 0.148. The summed E-state index contributed by atoms with van der Waals surface area (Å²) in [6.45, 7) is 0.221. The number of alkyl halides is 3. The van der Waals surface area contributed by atoms with Gasteiger partial charge in [-0.3, -0.25) is 29.4 Å². The van der Waals surface area contributed by atoms with E-state index in [9.17, 15) is 37.7 Å². The van der Waals surface area contributed by atoms with Gasteiger partial charge in [-0.05, 0) is 59.8 Å². The van der Waals surface area contributed by atoms with Crippen molar-refractivity contribution in [3.8, 4) is 23.0 Å². The molecule has 0 unspecified atom stereocenters. The fourth-order valence-corrected chi connectivity index (χ4v) is 4.81. The Balaban J connectivity index is 1.27. The van der Waals surface area contributed by atoms with Gasteiger partial charge in [-0.25, -0.2) is 0 Å². The first-order valence-electron chi connectivity index (χ1n) is 12.1. The van der Waals surface area contributed by atoms with E-state index in [1.165, 1.54) is 24.3 Å². The van der Waals surface area contributed by atoms with E-state index in [2.05, 4.69) is 5.32 Å². The summed E-state index contributed by atoms with van der Waals surface area (Å²) in [4.78, 5) is 49.1. The highest BCUT2D eigenvalue weighted by molar-refractivity contribution is 8.18. The largest absolute Gasteiger partial charge is 0.486 e. The Morgan fingerprint density at radius 2 is 1.83 bits per heavy atom. The van der Waals surface area contributed by atoms with Gasteiger partial charge in [0.15, 0.2) is 11.5 Å². The van der Waals surface area contributed by atoms with Gasteiger partial charge in [0.25, 0.3) is 11.1 Å². The molecule has 0 radical (unpaired) electrons. The number of anilines is 1. The molecule has 3 aromatic carbocycles. The van der Waals surface area contributed by atoms with E-state index >= 15 is 0 Å². The summed E-state index contributed by atoms with van der Waals surface area (Å²) in [6, 6.07) is 12.5. The molecule has 0 aromatic heterocycles. The Hall–Kier alpha value is -5.05. The summed E-state index contributed by atoms with van der Waals surface area (Å²) < 4.78 is 55.4. The van der Waals surface area contributed by atoms with E-state index in [0.29, 0.717) is 59.9 Å². The minimum absolute atomic E-state index is 0.00444. The SMILES string of the molecule is O=C(CN1C(=O)S/C(=C/c2cccc(Oc3ccc(C(F)(F)F)cc3[N+](=O)[O-])c2)C1=O)Nc1ccc2c(c1)OCCO2. The van der Waals surface area contributed by atoms with Crippen molar-refractivity contribution >= 4 is 46.3 Å². The number of hydrogen-bond donors (Lipinski definition) is 1. The maximum atomic E-state index is 13.0. The number of carbonyl (C=O) groups excluding carboxylic acids is 3. The third-order valence-corrected chi connectivity index (χ3v) is 6.78. The molecule has 1 N–H and O–H groups in total. The molecule has 1 fully saturated rings. The van der Waals surface area contributed by atoms with Crippen LogP contribution in [-0.4, -0.2) is 46.6 Å². The zero-order chi connectivity index (χ0) is 30.0. The van der Waals surface area contributed by atoms with Crippen molar-refractivity contribution < 1.29 is 46.7 Å². The molecule has 0 bridgehead atoms. The normalized spacial score (nSPS) is 15.6. The van der Waals surface area contributed by atoms with Gasteiger partial charge in [0.2, 0.25) is 11.7 Å². The second-order valence-electron chi connectivity index (χ2n) is 8.79. The number of nitro groups is 1. The standard InChI is InChI=1S/C27H18F3N3O8S/c28-27(29,30)16-4-6-20(19(12-16)33(37)38)41-18-3-1-2-15(10-18)11-23-25(35)32(26(36)42-23)14-24(34)31-17-5-7-21-22(13-17)40-9-8-39-21/h1-7,10-13H,8-9,14H2,(H,31,34)/b23-11+. The quantitative estimate of drug-likeness (QED) is 0.201. The van der Waals surface area contributed by atoms with Crippen molar-refractivity contribution in [3.05, 3.63) is 86.8 Å². The molecule has 5 rings (SSSR count). The molecule has 11 nitrogen and oxygen atoms in total. The van der Waals surface area contributed by atoms with E-state index in [4.69, 9.17) is 14.2 Å². The van der Waals surface area contributed by atoms with E-state index in [-0.39, 0.29) is 10.7 Å². The van der Waals surface area contributed by atoms with E-state index < -0.39 is 51.7 Å². The van der Waals surface area contributed by atoms with Crippen LogP contribution in [0.15, 0.2) is 65.6 Å². The van der Waals surface area contributed by atoms with Crippen molar-refractivity contribution in [2.75, 3.05) is 25.1 Å². The summed E-state index contributed by atoms with van der Waals surface area (Å²) in [7, 11) is 0. The molecule has 15 heteroatoms. The number of halogens is 3. The maximum absolute atomic E-state index is 13.0. The van der Waals surface area contributed by atoms with Crippen LogP contribution in [0.1, 0.15) is 11.1 Å². The lowest BCUT2D eigenvalue weighted by Crippen LogP contribution is -2.36. The summed E-state index contributed by atoms with van der Waals surface area (Å²) >= 11 is 0.609. The predicted molar refractivity (Wildman–Crippen MR) is 143 cm³/mol. The average molecular weight is 602 g/mol. The van der Waals surface area contributed by atoms with Gasteiger partial charge in [-0.15, -0.1) is 0 Å². The minimum Gasteiger partial charge on any atom is -0.486 e. The van der Waals surface area contributed by atoms with Crippen molar-refractivity contribution in [2.24, 2.45) is 0 Å². The number of imide groups is 1. The molecule has 3 aromatic rings. The second kappa shape index (κ2) is 11.4. The summed E-state index contributed by atoms with van der Waals surface area (Å²) in [5, 5.41) is 13.3. The molecule has 1 saturated heterocycles. The number of nitro benzene ring substituents is 1. The monoisotopic (exact) mass is 601 g/mol. The highest BCUT2D eigenvalue weighted by atomic mass is 32.2. The zero-order valence-electron chi connectivity index (χ0n) is 21.2. The number of hydrogen-bond acceptors (Lipinski definition) is 9. The number of ether oxygens (including phenoxy) is 3. The van der Waals surface area contributed by atoms with Crippen LogP contribution in [0.2, 0.25) is 0 Å². The highest BCUT2D eigenvalue weighted by Gasteiger charge is 2.36. The molecule has 0 saturated carbocycles. The first kappa shape index (κ1) is 28.5. The Morgan fingerprint density at radius 3 is 2.57 bits per heavy atom. The summed E-state index contributed by atoms with van der Waals surface area (Å²) in [5.74, 6) is -0.746. The molecule has 2 aliphatic rings. The van der Waals surface area contributed by atoms with E-state index in [1.807, 2.05) is 0 Å². The Kier molecular flexibility index (Phi) is 7.76. The van der Waals surface area contributed by atoms with Crippen LogP contribution in [0.25, 0.3) is 6.08 Å². The van der Waals surface area contributed by atoms with Crippen LogP contribution in [0.5, 0.6) is 23.0 Å². The van der Waals surface area contributed by atoms with Crippen LogP contribution in [0.4, 0.5) is 29.3 Å². The van der Waals surface area contributed by atoms with E-state index in [0.717, 1.165) is 11.0 Å². The topological polar surface area (TPSA) is 137 Å². The molecule has 42 heavy (non-hydrogen) atoms. The zero-order valence-corrected chi connectivity index (χ0v) is 22.0. The molecule has 0 atom stereocenters. The van der Waals surface area contributed by atoms with Crippen molar-refractivity contribution in [2.45, 2.75) is 6.18 Å². The first-order valence-corrected chi connectivity index (χ1v) is 12.9. The number of rotatable bonds is 7. The van der Waals surface area contributed by atoms with Crippen molar-refractivity contribution in [3.63, 3.8) is 0 Å². The van der Waals surface area contributed by atoms with Crippen LogP contribution in [-0.2, 0) is 15.8 Å². The van der Waals surface area contributed by atoms with Gasteiger partial charge in [0.05, 0.1) is 15.4 Å². The van der Waals surface area contributed by atoms with Crippen LogP contribution < -0.4 is 19.5 Å². The third-order valence-electron chi connectivity index (χ3n) is 5.87. The molecule has 0 aliphatic carbocycles. The maximum Gasteiger partial charge on any atom is 0.416 e. The lowest BCUT2D eigenvalue weighted by Gasteiger charge is -2.19. The van der Waals surface area contributed by atoms with Crippen molar-refractivity contribution in [1.82, 2.24) is 4.90 Å². The van der Waals surface area contributed by atoms with Crippen LogP contribution in [0, 0.1) is 10.1 Å². The predicted octanol–water partition coefficient (Wildman–Crippen LogP) is 5.85. The number of benzene rings is 3. The Bertz CT molecular complexity index is 1640. The number of fused-ring (bicyclic) bond motifs is 1. The van der Waals surface area contributed by atoms with E-state index in [1.54, 1.807) is 24.3 Å². The van der Waals surface area contributed by atoms with Crippen LogP contribution >= 0.6 is 11.8 Å². The number of nitrogens with zero attached hydrogens (tertiary/aromatic N) is 2. The first-order chi connectivity index (χ1) is 20.0. The molecular formula is C27H18F3N3O8S. The number of carbonyl (C=O) groups is 3. The second-order valence-corrected chi connectivity index (χ2v) is 9.78. The lowest BCUT2D eigenvalue weighted by molar-refractivity contribution is -0.385. The van der Waals surface area contributed by atoms with Gasteiger partial charge >= 0.3 is 11.9 Å². The number of thioether (sulfide) groups is 1. The Labute approximate surface area is 239 Å². The molecular weight excluding hydrogens is 583 g/mol. The van der Waals surface area contributed by atoms with Gasteiger partial charge in [-0.1, -0.05) is 12.1 Å². The molecule has 0 spiro atoms. The summed E-state index contributed by atoms with van der Waals surface area (Å²) in [6.07, 6.45) is -3.42. The third kappa shape index (κ3) is 6.30. The minimum atomic E-state index is -4.78. The number of amides is 3. The fourth-order valence-electron chi connectivity index (χ4n) is 3.97. The van der Waals surface area contributed by atoms with Gasteiger partial charge in [0.1, 0.15) is 25.5 Å². The van der Waals surface area contributed by atoms with Crippen molar-refractivity contribution in [1.29, 1.82) is 0 Å². The molecule has 2 aliphatic heterocycles. The molecule has 3 amide bonds. The average Bonchev–Trinajstić information content (AvgIpc) is 3.19.